The molecule has 2 rings (SSSR count). The van der Waals surface area contributed by atoms with Gasteiger partial charge in [0.1, 0.15) is 5.82 Å². The molecule has 3 nitrogen and oxygen atoms in total. The smallest absolute Gasteiger partial charge is 0.125 e. The highest BCUT2D eigenvalue weighted by Crippen LogP contribution is 2.21. The summed E-state index contributed by atoms with van der Waals surface area (Å²) in [7, 11) is 4.17. The molecule has 1 aromatic rings. The largest absolute Gasteiger partial charge is 0.373 e. The van der Waals surface area contributed by atoms with Crippen LogP contribution >= 0.6 is 0 Å². The van der Waals surface area contributed by atoms with Gasteiger partial charge in [-0.3, -0.25) is 0 Å². The molecule has 0 aliphatic carbocycles. The summed E-state index contributed by atoms with van der Waals surface area (Å²) in [5.41, 5.74) is 7.34. The number of nitrogens with two attached hydrogens (primary N) is 1. The number of nitrogens with zero attached hydrogens (tertiary/aromatic N) is 2. The van der Waals surface area contributed by atoms with Crippen molar-refractivity contribution in [1.29, 1.82) is 0 Å². The Hall–Kier alpha value is -1.13. The molecule has 0 amide bonds. The molecule has 1 unspecified atom stereocenters. The average Bonchev–Trinajstić information content (AvgIpc) is 2.74. The molecular formula is C14H22FN3. The van der Waals surface area contributed by atoms with E-state index in [2.05, 4.69) is 16.8 Å². The Kier molecular flexibility index (Phi) is 4.19. The van der Waals surface area contributed by atoms with Crippen LogP contribution in [0.15, 0.2) is 18.2 Å². The van der Waals surface area contributed by atoms with E-state index in [9.17, 15) is 4.39 Å². The quantitative estimate of drug-likeness (QED) is 0.886. The molecular weight excluding hydrogens is 229 g/mol. The SMILES string of the molecule is CN(CC1CCCN1C)c1cc(F)cc(CN)c1. The third kappa shape index (κ3) is 3.00. The number of likely N-dealkylation sites (N-methyl/N-ethyl adjacent to an activating group) is 2. The summed E-state index contributed by atoms with van der Waals surface area (Å²) >= 11 is 0. The first-order valence-corrected chi connectivity index (χ1v) is 6.51. The highest BCUT2D eigenvalue weighted by Gasteiger charge is 2.22. The Morgan fingerprint density at radius 3 is 2.83 bits per heavy atom. The number of rotatable bonds is 4. The highest BCUT2D eigenvalue weighted by atomic mass is 19.1. The molecule has 1 atom stereocenters. The summed E-state index contributed by atoms with van der Waals surface area (Å²) in [5.74, 6) is -0.209. The van der Waals surface area contributed by atoms with E-state index in [4.69, 9.17) is 5.73 Å². The summed E-state index contributed by atoms with van der Waals surface area (Å²) < 4.78 is 13.5. The van der Waals surface area contributed by atoms with E-state index in [-0.39, 0.29) is 5.82 Å². The molecule has 0 radical (unpaired) electrons. The van der Waals surface area contributed by atoms with Crippen molar-refractivity contribution in [2.45, 2.75) is 25.4 Å². The van der Waals surface area contributed by atoms with Crippen LogP contribution in [0.2, 0.25) is 0 Å². The summed E-state index contributed by atoms with van der Waals surface area (Å²) in [6.07, 6.45) is 2.48. The van der Waals surface area contributed by atoms with E-state index in [1.54, 1.807) is 6.07 Å². The van der Waals surface area contributed by atoms with Gasteiger partial charge in [0, 0.05) is 31.9 Å². The number of anilines is 1. The lowest BCUT2D eigenvalue weighted by atomic mass is 10.1. The predicted octanol–water partition coefficient (Wildman–Crippen LogP) is 1.81. The predicted molar refractivity (Wildman–Crippen MR) is 73.2 cm³/mol. The number of hydrogen-bond donors (Lipinski definition) is 1. The van der Waals surface area contributed by atoms with Gasteiger partial charge in [-0.25, -0.2) is 4.39 Å². The van der Waals surface area contributed by atoms with Gasteiger partial charge in [0.05, 0.1) is 0 Å². The second kappa shape index (κ2) is 5.67. The molecule has 18 heavy (non-hydrogen) atoms. The van der Waals surface area contributed by atoms with Gasteiger partial charge in [0.2, 0.25) is 0 Å². The van der Waals surface area contributed by atoms with Crippen LogP contribution in [0.3, 0.4) is 0 Å². The zero-order chi connectivity index (χ0) is 13.1. The molecule has 100 valence electrons. The minimum absolute atomic E-state index is 0.209. The maximum Gasteiger partial charge on any atom is 0.125 e. The Labute approximate surface area is 108 Å². The van der Waals surface area contributed by atoms with Crippen LogP contribution < -0.4 is 10.6 Å². The van der Waals surface area contributed by atoms with Crippen LogP contribution in [0.4, 0.5) is 10.1 Å². The van der Waals surface area contributed by atoms with Crippen molar-refractivity contribution < 1.29 is 4.39 Å². The molecule has 0 bridgehead atoms. The van der Waals surface area contributed by atoms with Crippen LogP contribution in [0.1, 0.15) is 18.4 Å². The van der Waals surface area contributed by atoms with Crippen LogP contribution in [0.25, 0.3) is 0 Å². The Morgan fingerprint density at radius 2 is 2.22 bits per heavy atom. The zero-order valence-corrected chi connectivity index (χ0v) is 11.2. The molecule has 0 aromatic heterocycles. The van der Waals surface area contributed by atoms with Crippen molar-refractivity contribution in [2.24, 2.45) is 5.73 Å². The Morgan fingerprint density at radius 1 is 1.44 bits per heavy atom. The molecule has 1 heterocycles. The van der Waals surface area contributed by atoms with Gasteiger partial charge in [-0.05, 0) is 50.2 Å². The first-order chi connectivity index (χ1) is 8.60. The third-order valence-electron chi connectivity index (χ3n) is 3.77. The standard InChI is InChI=1S/C14H22FN3/c1-17-5-3-4-13(17)10-18(2)14-7-11(9-16)6-12(15)8-14/h6-8,13H,3-5,9-10,16H2,1-2H3. The molecule has 1 aliphatic rings. The Balaban J connectivity index is 2.08. The van der Waals surface area contributed by atoms with Crippen LogP contribution in [0, 0.1) is 5.82 Å². The van der Waals surface area contributed by atoms with Crippen molar-refractivity contribution in [3.05, 3.63) is 29.6 Å². The molecule has 2 N–H and O–H groups in total. The van der Waals surface area contributed by atoms with E-state index in [1.807, 2.05) is 13.1 Å². The van der Waals surface area contributed by atoms with Gasteiger partial charge < -0.3 is 15.5 Å². The van der Waals surface area contributed by atoms with Gasteiger partial charge in [0.25, 0.3) is 0 Å². The molecule has 1 aliphatic heterocycles. The second-order valence-corrected chi connectivity index (χ2v) is 5.18. The fourth-order valence-corrected chi connectivity index (χ4v) is 2.60. The van der Waals surface area contributed by atoms with Crippen LogP contribution in [0.5, 0.6) is 0 Å². The van der Waals surface area contributed by atoms with E-state index in [1.165, 1.54) is 18.9 Å². The van der Waals surface area contributed by atoms with Crippen molar-refractivity contribution in [1.82, 2.24) is 4.90 Å². The lowest BCUT2D eigenvalue weighted by Gasteiger charge is -2.27. The first-order valence-electron chi connectivity index (χ1n) is 6.51. The van der Waals surface area contributed by atoms with E-state index in [0.717, 1.165) is 24.3 Å². The van der Waals surface area contributed by atoms with Gasteiger partial charge in [0.15, 0.2) is 0 Å². The van der Waals surface area contributed by atoms with Crippen LogP contribution in [-0.4, -0.2) is 38.1 Å². The van der Waals surface area contributed by atoms with Crippen molar-refractivity contribution in [2.75, 3.05) is 32.1 Å². The molecule has 0 spiro atoms. The lowest BCUT2D eigenvalue weighted by Crippen LogP contribution is -2.36. The molecule has 1 aromatic carbocycles. The maximum absolute atomic E-state index is 13.5. The summed E-state index contributed by atoms with van der Waals surface area (Å²) in [6.45, 7) is 2.47. The number of hydrogen-bond acceptors (Lipinski definition) is 3. The van der Waals surface area contributed by atoms with E-state index >= 15 is 0 Å². The lowest BCUT2D eigenvalue weighted by molar-refractivity contribution is 0.314. The van der Waals surface area contributed by atoms with Crippen molar-refractivity contribution in [3.63, 3.8) is 0 Å². The number of benzene rings is 1. The molecule has 0 saturated carbocycles. The average molecular weight is 251 g/mol. The molecule has 1 saturated heterocycles. The minimum Gasteiger partial charge on any atom is -0.373 e. The summed E-state index contributed by atoms with van der Waals surface area (Å²) in [4.78, 5) is 4.49. The summed E-state index contributed by atoms with van der Waals surface area (Å²) in [6, 6.07) is 5.62. The zero-order valence-electron chi connectivity index (χ0n) is 11.2. The van der Waals surface area contributed by atoms with Gasteiger partial charge in [-0.2, -0.15) is 0 Å². The monoisotopic (exact) mass is 251 g/mol. The number of halogens is 1. The van der Waals surface area contributed by atoms with E-state index < -0.39 is 0 Å². The molecule has 1 fully saturated rings. The summed E-state index contributed by atoms with van der Waals surface area (Å²) in [5, 5.41) is 0. The number of likely N-dealkylation sites (tertiary alicyclic amines) is 1. The van der Waals surface area contributed by atoms with Gasteiger partial charge in [-0.15, -0.1) is 0 Å². The fourth-order valence-electron chi connectivity index (χ4n) is 2.60. The van der Waals surface area contributed by atoms with Gasteiger partial charge in [-0.1, -0.05) is 0 Å². The molecule has 4 heteroatoms. The first kappa shape index (κ1) is 13.3. The normalized spacial score (nSPS) is 20.3. The highest BCUT2D eigenvalue weighted by molar-refractivity contribution is 5.48. The van der Waals surface area contributed by atoms with Crippen LogP contribution in [-0.2, 0) is 6.54 Å². The third-order valence-corrected chi connectivity index (χ3v) is 3.77. The van der Waals surface area contributed by atoms with Gasteiger partial charge >= 0.3 is 0 Å². The minimum atomic E-state index is -0.209. The van der Waals surface area contributed by atoms with Crippen molar-refractivity contribution in [3.8, 4) is 0 Å². The Bertz CT molecular complexity index is 408. The maximum atomic E-state index is 13.5. The van der Waals surface area contributed by atoms with Crippen molar-refractivity contribution >= 4 is 5.69 Å². The topological polar surface area (TPSA) is 32.5 Å². The second-order valence-electron chi connectivity index (χ2n) is 5.18. The fraction of sp³-hybridized carbons (Fsp3) is 0.571. The van der Waals surface area contributed by atoms with E-state index in [0.29, 0.717) is 12.6 Å².